The number of nitrogens with one attached hydrogen (secondary N) is 1. The summed E-state index contributed by atoms with van der Waals surface area (Å²) in [4.78, 5) is 4.17. The van der Waals surface area contributed by atoms with Crippen LogP contribution in [0.2, 0.25) is 10.0 Å². The van der Waals surface area contributed by atoms with Crippen LogP contribution in [0.4, 0.5) is 10.1 Å². The van der Waals surface area contributed by atoms with Crippen LogP contribution in [0.1, 0.15) is 12.8 Å². The Labute approximate surface area is 102 Å². The fourth-order valence-electron chi connectivity index (χ4n) is 1.21. The van der Waals surface area contributed by atoms with Gasteiger partial charge in [-0.3, -0.25) is 0 Å². The van der Waals surface area contributed by atoms with E-state index in [-0.39, 0.29) is 10.0 Å². The van der Waals surface area contributed by atoms with Crippen molar-refractivity contribution in [3.05, 3.63) is 28.0 Å². The summed E-state index contributed by atoms with van der Waals surface area (Å²) in [7, 11) is 0. The zero-order valence-electron chi connectivity index (χ0n) is 8.30. The first-order valence-electron chi connectivity index (χ1n) is 4.81. The molecule has 0 bridgehead atoms. The van der Waals surface area contributed by atoms with E-state index in [9.17, 15) is 4.39 Å². The number of anilines is 1. The molecule has 1 saturated carbocycles. The molecule has 0 unspecified atom stereocenters. The molecule has 2 rings (SSSR count). The SMILES string of the molecule is NC(=NC1CC1)Nc1cc(Cl)c(F)c(Cl)c1. The van der Waals surface area contributed by atoms with Crippen LogP contribution in [0.25, 0.3) is 0 Å². The summed E-state index contributed by atoms with van der Waals surface area (Å²) in [6, 6.07) is 3.15. The van der Waals surface area contributed by atoms with Crippen LogP contribution in [-0.4, -0.2) is 12.0 Å². The van der Waals surface area contributed by atoms with Gasteiger partial charge in [0, 0.05) is 5.69 Å². The summed E-state index contributed by atoms with van der Waals surface area (Å²) >= 11 is 11.3. The van der Waals surface area contributed by atoms with Gasteiger partial charge in [-0.2, -0.15) is 0 Å². The summed E-state index contributed by atoms with van der Waals surface area (Å²) in [6.07, 6.45) is 2.13. The predicted molar refractivity (Wildman–Crippen MR) is 64.7 cm³/mol. The second-order valence-corrected chi connectivity index (χ2v) is 4.44. The predicted octanol–water partition coefficient (Wildman–Crippen LogP) is 3.02. The Kier molecular flexibility index (Phi) is 3.21. The molecular weight excluding hydrogens is 252 g/mol. The Morgan fingerprint density at radius 3 is 2.44 bits per heavy atom. The van der Waals surface area contributed by atoms with Crippen LogP contribution in [0.5, 0.6) is 0 Å². The van der Waals surface area contributed by atoms with Crippen molar-refractivity contribution >= 4 is 34.8 Å². The lowest BCUT2D eigenvalue weighted by atomic mass is 10.3. The Bertz CT molecular complexity index is 421. The molecule has 3 N–H and O–H groups in total. The fraction of sp³-hybridized carbons (Fsp3) is 0.300. The van der Waals surface area contributed by atoms with Gasteiger partial charge in [-0.05, 0) is 25.0 Å². The monoisotopic (exact) mass is 261 g/mol. The minimum atomic E-state index is -0.633. The number of aliphatic imine (C=N–C) groups is 1. The lowest BCUT2D eigenvalue weighted by Crippen LogP contribution is -2.23. The van der Waals surface area contributed by atoms with Gasteiger partial charge < -0.3 is 11.1 Å². The molecule has 0 heterocycles. The van der Waals surface area contributed by atoms with E-state index in [1.54, 1.807) is 0 Å². The van der Waals surface area contributed by atoms with Gasteiger partial charge in [0.1, 0.15) is 0 Å². The average Bonchev–Trinajstić information content (AvgIpc) is 2.97. The third-order valence-corrected chi connectivity index (χ3v) is 2.67. The van der Waals surface area contributed by atoms with Gasteiger partial charge in [0.15, 0.2) is 11.8 Å². The molecular formula is C10H10Cl2FN3. The van der Waals surface area contributed by atoms with Gasteiger partial charge in [0.2, 0.25) is 0 Å². The van der Waals surface area contributed by atoms with Crippen LogP contribution in [0.15, 0.2) is 17.1 Å². The molecule has 3 nitrogen and oxygen atoms in total. The van der Waals surface area contributed by atoms with Crippen LogP contribution >= 0.6 is 23.2 Å². The summed E-state index contributed by atoms with van der Waals surface area (Å²) in [5.41, 5.74) is 6.17. The van der Waals surface area contributed by atoms with E-state index in [0.717, 1.165) is 12.8 Å². The summed E-state index contributed by atoms with van der Waals surface area (Å²) in [6.45, 7) is 0. The molecule has 1 aliphatic rings. The summed E-state index contributed by atoms with van der Waals surface area (Å²) < 4.78 is 13.1. The highest BCUT2D eigenvalue weighted by molar-refractivity contribution is 6.35. The molecule has 0 radical (unpaired) electrons. The van der Waals surface area contributed by atoms with Gasteiger partial charge in [0.25, 0.3) is 0 Å². The molecule has 1 aliphatic carbocycles. The number of halogens is 3. The van der Waals surface area contributed by atoms with E-state index in [2.05, 4.69) is 10.3 Å². The van der Waals surface area contributed by atoms with Crippen LogP contribution < -0.4 is 11.1 Å². The first-order valence-corrected chi connectivity index (χ1v) is 5.56. The van der Waals surface area contributed by atoms with E-state index in [1.807, 2.05) is 0 Å². The highest BCUT2D eigenvalue weighted by atomic mass is 35.5. The zero-order chi connectivity index (χ0) is 11.7. The number of nitrogens with zero attached hydrogens (tertiary/aromatic N) is 1. The first kappa shape index (κ1) is 11.5. The Balaban J connectivity index is 2.14. The number of hydrogen-bond acceptors (Lipinski definition) is 1. The van der Waals surface area contributed by atoms with Crippen molar-refractivity contribution in [1.29, 1.82) is 0 Å². The van der Waals surface area contributed by atoms with Crippen molar-refractivity contribution in [1.82, 2.24) is 0 Å². The average molecular weight is 262 g/mol. The minimum Gasteiger partial charge on any atom is -0.370 e. The van der Waals surface area contributed by atoms with Crippen LogP contribution in [-0.2, 0) is 0 Å². The smallest absolute Gasteiger partial charge is 0.193 e. The van der Waals surface area contributed by atoms with E-state index >= 15 is 0 Å². The Hall–Kier alpha value is -1.00. The van der Waals surface area contributed by atoms with Crippen molar-refractivity contribution in [2.45, 2.75) is 18.9 Å². The van der Waals surface area contributed by atoms with Gasteiger partial charge in [-0.1, -0.05) is 23.2 Å². The van der Waals surface area contributed by atoms with Crippen molar-refractivity contribution in [2.75, 3.05) is 5.32 Å². The zero-order valence-corrected chi connectivity index (χ0v) is 9.82. The molecule has 6 heteroatoms. The van der Waals surface area contributed by atoms with Gasteiger partial charge in [-0.25, -0.2) is 9.38 Å². The fourth-order valence-corrected chi connectivity index (χ4v) is 1.70. The maximum atomic E-state index is 13.1. The molecule has 1 aromatic carbocycles. The molecule has 16 heavy (non-hydrogen) atoms. The van der Waals surface area contributed by atoms with Crippen molar-refractivity contribution in [2.24, 2.45) is 10.7 Å². The van der Waals surface area contributed by atoms with Crippen molar-refractivity contribution in [3.8, 4) is 0 Å². The summed E-state index contributed by atoms with van der Waals surface area (Å²) in [5.74, 6) is -0.340. The largest absolute Gasteiger partial charge is 0.370 e. The number of rotatable bonds is 2. The van der Waals surface area contributed by atoms with Gasteiger partial charge in [-0.15, -0.1) is 0 Å². The molecule has 0 atom stereocenters. The summed E-state index contributed by atoms with van der Waals surface area (Å²) in [5, 5.41) is 2.72. The highest BCUT2D eigenvalue weighted by Gasteiger charge is 2.20. The van der Waals surface area contributed by atoms with Crippen LogP contribution in [0, 0.1) is 5.82 Å². The van der Waals surface area contributed by atoms with E-state index in [1.165, 1.54) is 12.1 Å². The lowest BCUT2D eigenvalue weighted by Gasteiger charge is -2.07. The van der Waals surface area contributed by atoms with E-state index < -0.39 is 5.82 Å². The standard InChI is InChI=1S/C10H10Cl2FN3/c11-7-3-6(4-8(12)9(7)13)16-10(14)15-5-1-2-5/h3-5H,1-2H2,(H3,14,15,16). The van der Waals surface area contributed by atoms with Crippen molar-refractivity contribution in [3.63, 3.8) is 0 Å². The highest BCUT2D eigenvalue weighted by Crippen LogP contribution is 2.27. The van der Waals surface area contributed by atoms with Crippen molar-refractivity contribution < 1.29 is 4.39 Å². The molecule has 0 saturated heterocycles. The molecule has 0 spiro atoms. The Morgan fingerprint density at radius 1 is 1.38 bits per heavy atom. The molecule has 0 aliphatic heterocycles. The second kappa shape index (κ2) is 4.47. The number of nitrogens with two attached hydrogens (primary N) is 1. The van der Waals surface area contributed by atoms with Crippen LogP contribution in [0.3, 0.4) is 0 Å². The first-order chi connectivity index (χ1) is 7.56. The molecule has 1 fully saturated rings. The molecule has 86 valence electrons. The van der Waals surface area contributed by atoms with Gasteiger partial charge >= 0.3 is 0 Å². The maximum Gasteiger partial charge on any atom is 0.193 e. The molecule has 1 aromatic rings. The molecule has 0 aromatic heterocycles. The second-order valence-electron chi connectivity index (χ2n) is 3.62. The molecule has 0 amide bonds. The normalized spacial score (nSPS) is 16.3. The minimum absolute atomic E-state index is 0.0470. The quantitative estimate of drug-likeness (QED) is 0.489. The maximum absolute atomic E-state index is 13.1. The number of guanidine groups is 1. The van der Waals surface area contributed by atoms with E-state index in [0.29, 0.717) is 17.7 Å². The number of benzene rings is 1. The third-order valence-electron chi connectivity index (χ3n) is 2.12. The Morgan fingerprint density at radius 2 is 1.94 bits per heavy atom. The third kappa shape index (κ3) is 2.77. The van der Waals surface area contributed by atoms with E-state index in [4.69, 9.17) is 28.9 Å². The number of hydrogen-bond donors (Lipinski definition) is 2. The van der Waals surface area contributed by atoms with Gasteiger partial charge in [0.05, 0.1) is 16.1 Å². The topological polar surface area (TPSA) is 50.4 Å². The lowest BCUT2D eigenvalue weighted by molar-refractivity contribution is 0.629.